The second-order valence-electron chi connectivity index (χ2n) is 6.04. The van der Waals surface area contributed by atoms with Crippen LogP contribution in [0.15, 0.2) is 22.3 Å². The fourth-order valence-corrected chi connectivity index (χ4v) is 3.75. The van der Waals surface area contributed by atoms with Gasteiger partial charge in [0.15, 0.2) is 0 Å². The van der Waals surface area contributed by atoms with Crippen LogP contribution in [0.2, 0.25) is 0 Å². The molecule has 0 aromatic carbocycles. The summed E-state index contributed by atoms with van der Waals surface area (Å²) >= 11 is 0. The summed E-state index contributed by atoms with van der Waals surface area (Å²) in [6.07, 6.45) is 2.42. The van der Waals surface area contributed by atoms with Gasteiger partial charge in [0.1, 0.15) is 6.29 Å². The quantitative estimate of drug-likeness (QED) is 0.442. The number of hydrogen-bond acceptors (Lipinski definition) is 4. The van der Waals surface area contributed by atoms with Crippen molar-refractivity contribution in [3.63, 3.8) is 0 Å². The third-order valence-electron chi connectivity index (χ3n) is 5.06. The lowest BCUT2D eigenvalue weighted by molar-refractivity contribution is -0.151. The van der Waals surface area contributed by atoms with Crippen LogP contribution in [-0.2, 0) is 19.1 Å². The standard InChI is InChI=1S/C15H16O4/c1-7-9-4-11(9)15(3,12(7)6-16)5-10-8(2)13(17)19-14(10)18/h6,9,11H,4-5H2,1-3H3/t9-,11-,15+/m1/s1. The molecule has 0 N–H and O–H groups in total. The molecule has 0 spiro atoms. The Bertz CT molecular complexity index is 581. The molecule has 0 unspecified atom stereocenters. The molecule has 1 fully saturated rings. The van der Waals surface area contributed by atoms with Crippen molar-refractivity contribution in [2.24, 2.45) is 17.3 Å². The molecule has 1 heterocycles. The van der Waals surface area contributed by atoms with E-state index in [-0.39, 0.29) is 5.41 Å². The van der Waals surface area contributed by atoms with Gasteiger partial charge in [-0.2, -0.15) is 0 Å². The second-order valence-corrected chi connectivity index (χ2v) is 6.04. The highest BCUT2D eigenvalue weighted by Crippen LogP contribution is 2.66. The van der Waals surface area contributed by atoms with Crippen molar-refractivity contribution in [2.45, 2.75) is 33.6 Å². The number of cyclic esters (lactones) is 2. The van der Waals surface area contributed by atoms with Crippen LogP contribution < -0.4 is 0 Å². The monoisotopic (exact) mass is 260 g/mol. The Morgan fingerprint density at radius 1 is 1.32 bits per heavy atom. The summed E-state index contributed by atoms with van der Waals surface area (Å²) in [5.41, 5.74) is 2.46. The number of esters is 2. The van der Waals surface area contributed by atoms with Gasteiger partial charge >= 0.3 is 11.9 Å². The van der Waals surface area contributed by atoms with E-state index in [0.29, 0.717) is 29.4 Å². The van der Waals surface area contributed by atoms with Gasteiger partial charge in [-0.3, -0.25) is 4.79 Å². The van der Waals surface area contributed by atoms with Crippen LogP contribution in [0.4, 0.5) is 0 Å². The van der Waals surface area contributed by atoms with Gasteiger partial charge < -0.3 is 4.74 Å². The van der Waals surface area contributed by atoms with Crippen LogP contribution >= 0.6 is 0 Å². The van der Waals surface area contributed by atoms with Crippen molar-refractivity contribution < 1.29 is 19.1 Å². The maximum atomic E-state index is 11.7. The van der Waals surface area contributed by atoms with Crippen molar-refractivity contribution in [3.8, 4) is 0 Å². The average molecular weight is 260 g/mol. The van der Waals surface area contributed by atoms with Crippen molar-refractivity contribution in [1.29, 1.82) is 0 Å². The van der Waals surface area contributed by atoms with Gasteiger partial charge in [0.25, 0.3) is 0 Å². The molecule has 100 valence electrons. The Hall–Kier alpha value is -1.71. The van der Waals surface area contributed by atoms with Gasteiger partial charge in [-0.25, -0.2) is 9.59 Å². The lowest BCUT2D eigenvalue weighted by atomic mass is 9.74. The summed E-state index contributed by atoms with van der Waals surface area (Å²) in [5.74, 6) is -0.186. The summed E-state index contributed by atoms with van der Waals surface area (Å²) in [6, 6.07) is 0. The molecule has 0 aromatic rings. The van der Waals surface area contributed by atoms with Gasteiger partial charge in [-0.15, -0.1) is 0 Å². The Kier molecular flexibility index (Phi) is 2.37. The van der Waals surface area contributed by atoms with E-state index < -0.39 is 11.9 Å². The minimum atomic E-state index is -0.553. The zero-order valence-corrected chi connectivity index (χ0v) is 11.3. The van der Waals surface area contributed by atoms with Crippen LogP contribution in [0.25, 0.3) is 0 Å². The van der Waals surface area contributed by atoms with E-state index >= 15 is 0 Å². The Morgan fingerprint density at radius 2 is 2.00 bits per heavy atom. The van der Waals surface area contributed by atoms with Crippen molar-refractivity contribution in [3.05, 3.63) is 22.3 Å². The molecule has 1 saturated carbocycles. The largest absolute Gasteiger partial charge is 0.386 e. The van der Waals surface area contributed by atoms with Gasteiger partial charge in [-0.05, 0) is 44.1 Å². The van der Waals surface area contributed by atoms with Crippen LogP contribution in [-0.4, -0.2) is 18.2 Å². The van der Waals surface area contributed by atoms with Crippen LogP contribution in [0.1, 0.15) is 33.6 Å². The Morgan fingerprint density at radius 3 is 2.53 bits per heavy atom. The van der Waals surface area contributed by atoms with E-state index in [1.165, 1.54) is 0 Å². The number of allylic oxidation sites excluding steroid dienone is 2. The molecule has 0 amide bonds. The lowest BCUT2D eigenvalue weighted by Gasteiger charge is -2.28. The zero-order chi connectivity index (χ0) is 13.9. The maximum absolute atomic E-state index is 11.7. The average Bonchev–Trinajstić information content (AvgIpc) is 3.07. The normalized spacial score (nSPS) is 36.8. The number of carbonyl (C=O) groups is 3. The molecule has 3 aliphatic rings. The molecule has 1 aliphatic heterocycles. The SMILES string of the molecule is CC1=C(C[C@]2(C)C(C=O)=C(C)[C@H]3C[C@H]32)C(=O)OC1=O. The minimum Gasteiger partial charge on any atom is -0.386 e. The summed E-state index contributed by atoms with van der Waals surface area (Å²) < 4.78 is 4.63. The smallest absolute Gasteiger partial charge is 0.342 e. The number of rotatable bonds is 3. The molecule has 4 heteroatoms. The highest BCUT2D eigenvalue weighted by molar-refractivity contribution is 6.12. The summed E-state index contributed by atoms with van der Waals surface area (Å²) in [7, 11) is 0. The number of aldehydes is 1. The summed E-state index contributed by atoms with van der Waals surface area (Å²) in [4.78, 5) is 34.5. The molecule has 3 atom stereocenters. The maximum Gasteiger partial charge on any atom is 0.342 e. The molecular formula is C15H16O4. The number of carbonyl (C=O) groups excluding carboxylic acids is 3. The Labute approximate surface area is 111 Å². The molecule has 4 nitrogen and oxygen atoms in total. The summed E-state index contributed by atoms with van der Waals surface area (Å²) in [5, 5.41) is 0. The predicted molar refractivity (Wildman–Crippen MR) is 66.9 cm³/mol. The number of ether oxygens (including phenoxy) is 1. The van der Waals surface area contributed by atoms with E-state index in [4.69, 9.17) is 0 Å². The molecule has 0 bridgehead atoms. The zero-order valence-electron chi connectivity index (χ0n) is 11.3. The first-order valence-corrected chi connectivity index (χ1v) is 6.53. The first kappa shape index (κ1) is 12.3. The van der Waals surface area contributed by atoms with Gasteiger partial charge in [0, 0.05) is 16.6 Å². The first-order chi connectivity index (χ1) is 8.90. The van der Waals surface area contributed by atoms with Crippen LogP contribution in [0.5, 0.6) is 0 Å². The molecule has 2 aliphatic carbocycles. The van der Waals surface area contributed by atoms with Gasteiger partial charge in [0.2, 0.25) is 0 Å². The fraction of sp³-hybridized carbons (Fsp3) is 0.533. The van der Waals surface area contributed by atoms with E-state index in [0.717, 1.165) is 23.9 Å². The third kappa shape index (κ3) is 1.49. The topological polar surface area (TPSA) is 60.4 Å². The van der Waals surface area contributed by atoms with E-state index in [9.17, 15) is 14.4 Å². The van der Waals surface area contributed by atoms with Gasteiger partial charge in [0.05, 0.1) is 0 Å². The van der Waals surface area contributed by atoms with E-state index in [2.05, 4.69) is 4.74 Å². The van der Waals surface area contributed by atoms with Crippen molar-refractivity contribution in [2.75, 3.05) is 0 Å². The van der Waals surface area contributed by atoms with Crippen LogP contribution in [0.3, 0.4) is 0 Å². The molecule has 19 heavy (non-hydrogen) atoms. The van der Waals surface area contributed by atoms with Crippen LogP contribution in [0, 0.1) is 17.3 Å². The van der Waals surface area contributed by atoms with Crippen molar-refractivity contribution >= 4 is 18.2 Å². The minimum absolute atomic E-state index is 0.323. The van der Waals surface area contributed by atoms with Gasteiger partial charge in [-0.1, -0.05) is 12.5 Å². The Balaban J connectivity index is 1.98. The lowest BCUT2D eigenvalue weighted by Crippen LogP contribution is -2.23. The molecule has 0 aromatic heterocycles. The molecular weight excluding hydrogens is 244 g/mol. The van der Waals surface area contributed by atoms with E-state index in [1.54, 1.807) is 6.92 Å². The molecule has 0 saturated heterocycles. The van der Waals surface area contributed by atoms with E-state index in [1.807, 2.05) is 13.8 Å². The molecule has 3 rings (SSSR count). The third-order valence-corrected chi connectivity index (χ3v) is 5.06. The number of fused-ring (bicyclic) bond motifs is 1. The first-order valence-electron chi connectivity index (χ1n) is 6.53. The number of hydrogen-bond donors (Lipinski definition) is 0. The van der Waals surface area contributed by atoms with Crippen molar-refractivity contribution in [1.82, 2.24) is 0 Å². The highest BCUT2D eigenvalue weighted by Gasteiger charge is 2.59. The summed E-state index contributed by atoms with van der Waals surface area (Å²) in [6.45, 7) is 5.63. The molecule has 0 radical (unpaired) electrons. The predicted octanol–water partition coefficient (Wildman–Crippen LogP) is 1.95. The highest BCUT2D eigenvalue weighted by atomic mass is 16.6. The fourth-order valence-electron chi connectivity index (χ4n) is 3.75. The second kappa shape index (κ2) is 3.65.